The first-order chi connectivity index (χ1) is 21.9. The number of nitrogens with zero attached hydrogens (tertiary/aromatic N) is 5. The fourth-order valence-electron chi connectivity index (χ4n) is 5.87. The minimum Gasteiger partial charge on any atom is -0.339 e. The van der Waals surface area contributed by atoms with Crippen molar-refractivity contribution in [3.05, 3.63) is 95.1 Å². The van der Waals surface area contributed by atoms with Crippen LogP contribution in [0.3, 0.4) is 0 Å². The number of hydrogen-bond donors (Lipinski definition) is 0. The minimum atomic E-state index is -0.0262. The Morgan fingerprint density at radius 3 is 2.36 bits per heavy atom. The van der Waals surface area contributed by atoms with Crippen LogP contribution in [-0.2, 0) is 11.2 Å². The fraction of sp³-hybridized carbons (Fsp3) is 0.405. The highest BCUT2D eigenvalue weighted by Gasteiger charge is 2.30. The maximum Gasteiger partial charge on any atom is 0.254 e. The Morgan fingerprint density at radius 2 is 1.64 bits per heavy atom. The molecule has 0 N–H and O–H groups in total. The highest BCUT2D eigenvalue weighted by atomic mass is 32.2. The van der Waals surface area contributed by atoms with E-state index in [1.165, 1.54) is 30.4 Å². The number of unbranched alkanes of at least 4 members (excludes halogenated alkanes) is 2. The maximum atomic E-state index is 13.3. The highest BCUT2D eigenvalue weighted by Crippen LogP contribution is 2.30. The molecule has 45 heavy (non-hydrogen) atoms. The van der Waals surface area contributed by atoms with Crippen LogP contribution in [0.5, 0.6) is 0 Å². The summed E-state index contributed by atoms with van der Waals surface area (Å²) >= 11 is 1.63. The lowest BCUT2D eigenvalue weighted by molar-refractivity contribution is -0.133. The van der Waals surface area contributed by atoms with E-state index in [4.69, 9.17) is 0 Å². The summed E-state index contributed by atoms with van der Waals surface area (Å²) in [5, 5.41) is 9.96. The Balaban J connectivity index is 1.14. The van der Waals surface area contributed by atoms with Crippen molar-refractivity contribution in [1.82, 2.24) is 24.6 Å². The Labute approximate surface area is 272 Å². The van der Waals surface area contributed by atoms with Crippen LogP contribution in [0.15, 0.2) is 78.0 Å². The number of aryl methyl sites for hydroxylation is 3. The van der Waals surface area contributed by atoms with E-state index in [-0.39, 0.29) is 17.9 Å². The lowest BCUT2D eigenvalue weighted by atomic mass is 10.0. The molecule has 1 unspecified atom stereocenters. The van der Waals surface area contributed by atoms with Crippen molar-refractivity contribution >= 4 is 23.6 Å². The smallest absolute Gasteiger partial charge is 0.254 e. The van der Waals surface area contributed by atoms with Crippen molar-refractivity contribution in [2.75, 3.05) is 25.4 Å². The Kier molecular flexibility index (Phi) is 11.1. The zero-order chi connectivity index (χ0) is 31.8. The molecule has 0 bridgehead atoms. The number of piperazine rings is 1. The molecule has 8 heteroatoms. The van der Waals surface area contributed by atoms with Crippen LogP contribution in [0, 0.1) is 13.8 Å². The third kappa shape index (κ3) is 8.03. The summed E-state index contributed by atoms with van der Waals surface area (Å²) in [6, 6.07) is 24.7. The van der Waals surface area contributed by atoms with Crippen LogP contribution in [-0.4, -0.2) is 67.8 Å². The summed E-state index contributed by atoms with van der Waals surface area (Å²) in [6.45, 7) is 10.1. The molecule has 0 spiro atoms. The summed E-state index contributed by atoms with van der Waals surface area (Å²) in [5.41, 5.74) is 6.43. The summed E-state index contributed by atoms with van der Waals surface area (Å²) < 4.78 is 2.13. The molecular formula is C37H45N5O2S. The lowest BCUT2D eigenvalue weighted by Gasteiger charge is -2.40. The molecule has 0 radical (unpaired) electrons. The quantitative estimate of drug-likeness (QED) is 0.121. The van der Waals surface area contributed by atoms with Gasteiger partial charge in [-0.15, -0.1) is 10.2 Å². The zero-order valence-electron chi connectivity index (χ0n) is 27.0. The number of amides is 2. The molecule has 2 heterocycles. The fourth-order valence-corrected chi connectivity index (χ4v) is 6.76. The van der Waals surface area contributed by atoms with Gasteiger partial charge in [0.15, 0.2) is 11.0 Å². The van der Waals surface area contributed by atoms with E-state index in [0.717, 1.165) is 52.0 Å². The van der Waals surface area contributed by atoms with Gasteiger partial charge in [0.2, 0.25) is 5.91 Å². The van der Waals surface area contributed by atoms with Crippen LogP contribution < -0.4 is 0 Å². The van der Waals surface area contributed by atoms with Gasteiger partial charge in [0.05, 0.1) is 5.69 Å². The molecule has 1 aliphatic heterocycles. The molecule has 2 amide bonds. The van der Waals surface area contributed by atoms with Gasteiger partial charge in [-0.2, -0.15) is 0 Å². The van der Waals surface area contributed by atoms with Crippen molar-refractivity contribution < 1.29 is 9.59 Å². The van der Waals surface area contributed by atoms with Gasteiger partial charge in [-0.1, -0.05) is 91.7 Å². The second-order valence-corrected chi connectivity index (χ2v) is 13.1. The molecule has 1 fully saturated rings. The molecule has 0 saturated carbocycles. The van der Waals surface area contributed by atoms with Crippen LogP contribution in [0.1, 0.15) is 73.0 Å². The molecule has 1 aromatic heterocycles. The average Bonchev–Trinajstić information content (AvgIpc) is 3.47. The lowest BCUT2D eigenvalue weighted by Crippen LogP contribution is -2.55. The molecule has 1 aliphatic rings. The highest BCUT2D eigenvalue weighted by molar-refractivity contribution is 7.99. The van der Waals surface area contributed by atoms with Crippen molar-refractivity contribution in [3.8, 4) is 17.1 Å². The molecule has 0 aliphatic carbocycles. The van der Waals surface area contributed by atoms with E-state index >= 15 is 0 Å². The summed E-state index contributed by atoms with van der Waals surface area (Å²) in [4.78, 5) is 30.3. The molecule has 3 aromatic carbocycles. The molecule has 1 saturated heterocycles. The predicted octanol–water partition coefficient (Wildman–Crippen LogP) is 7.53. The number of aromatic nitrogens is 3. The van der Waals surface area contributed by atoms with Crippen LogP contribution in [0.2, 0.25) is 0 Å². The van der Waals surface area contributed by atoms with Gasteiger partial charge >= 0.3 is 0 Å². The predicted molar refractivity (Wildman–Crippen MR) is 183 cm³/mol. The third-order valence-corrected chi connectivity index (χ3v) is 9.59. The summed E-state index contributed by atoms with van der Waals surface area (Å²) in [5.74, 6) is 1.76. The Hall–Kier alpha value is -3.91. The van der Waals surface area contributed by atoms with Crippen molar-refractivity contribution in [3.63, 3.8) is 0 Å². The number of thioether (sulfide) groups is 1. The number of benzene rings is 3. The Morgan fingerprint density at radius 1 is 0.889 bits per heavy atom. The van der Waals surface area contributed by atoms with Crippen LogP contribution >= 0.6 is 11.8 Å². The standard InChI is InChI=1S/C37H45N5O2S/c1-5-6-7-12-30-17-21-32(22-18-30)36(44)41-24-23-40(26-29(41)4)34(43)14-10-25-45-37-39-38-35(31-19-15-27(2)16-20-31)42(37)33-13-9-8-11-28(33)3/h8-9,11,13,15-22,29H,5-7,10,12,14,23-26H2,1-4H3. The number of rotatable bonds is 12. The second kappa shape index (κ2) is 15.4. The Bertz CT molecular complexity index is 1580. The first-order valence-corrected chi connectivity index (χ1v) is 17.2. The van der Waals surface area contributed by atoms with E-state index in [9.17, 15) is 9.59 Å². The van der Waals surface area contributed by atoms with Gasteiger partial charge in [0.25, 0.3) is 5.91 Å². The van der Waals surface area contributed by atoms with E-state index in [1.54, 1.807) is 11.8 Å². The second-order valence-electron chi connectivity index (χ2n) is 12.1. The monoisotopic (exact) mass is 623 g/mol. The first kappa shape index (κ1) is 32.5. The van der Waals surface area contributed by atoms with Gasteiger partial charge in [-0.3, -0.25) is 14.2 Å². The number of para-hydroxylation sites is 1. The van der Waals surface area contributed by atoms with Crippen molar-refractivity contribution in [1.29, 1.82) is 0 Å². The third-order valence-electron chi connectivity index (χ3n) is 8.58. The molecule has 236 valence electrons. The largest absolute Gasteiger partial charge is 0.339 e. The van der Waals surface area contributed by atoms with Crippen molar-refractivity contribution in [2.24, 2.45) is 0 Å². The first-order valence-electron chi connectivity index (χ1n) is 16.2. The molecule has 7 nitrogen and oxygen atoms in total. The van der Waals surface area contributed by atoms with Gasteiger partial charge in [-0.25, -0.2) is 0 Å². The van der Waals surface area contributed by atoms with Gasteiger partial charge in [-0.05, 0) is 69.4 Å². The molecule has 5 rings (SSSR count). The van der Waals surface area contributed by atoms with E-state index in [1.807, 2.05) is 41.0 Å². The summed E-state index contributed by atoms with van der Waals surface area (Å²) in [7, 11) is 0. The normalized spacial score (nSPS) is 15.0. The number of carbonyl (C=O) groups excluding carboxylic acids is 2. The number of carbonyl (C=O) groups is 2. The molecule has 1 atom stereocenters. The summed E-state index contributed by atoms with van der Waals surface area (Å²) in [6.07, 6.45) is 5.87. The maximum absolute atomic E-state index is 13.3. The minimum absolute atomic E-state index is 0.0262. The molecular weight excluding hydrogens is 579 g/mol. The van der Waals surface area contributed by atoms with E-state index < -0.39 is 0 Å². The van der Waals surface area contributed by atoms with E-state index in [2.05, 4.69) is 84.1 Å². The average molecular weight is 624 g/mol. The topological polar surface area (TPSA) is 71.3 Å². The zero-order valence-corrected chi connectivity index (χ0v) is 27.9. The van der Waals surface area contributed by atoms with Gasteiger partial charge in [0, 0.05) is 49.0 Å². The van der Waals surface area contributed by atoms with Gasteiger partial charge in [0.1, 0.15) is 0 Å². The van der Waals surface area contributed by atoms with Gasteiger partial charge < -0.3 is 9.80 Å². The van der Waals surface area contributed by atoms with E-state index in [0.29, 0.717) is 26.1 Å². The van der Waals surface area contributed by atoms with Crippen LogP contribution in [0.25, 0.3) is 17.1 Å². The number of hydrogen-bond acceptors (Lipinski definition) is 5. The van der Waals surface area contributed by atoms with Crippen LogP contribution in [0.4, 0.5) is 0 Å². The molecule has 4 aromatic rings. The van der Waals surface area contributed by atoms with Crippen molar-refractivity contribution in [2.45, 2.75) is 77.4 Å². The SMILES string of the molecule is CCCCCc1ccc(C(=O)N2CCN(C(=O)CCCSc3nnc(-c4ccc(C)cc4)n3-c3ccccc3C)CC2C)cc1.